The van der Waals surface area contributed by atoms with Crippen LogP contribution in [-0.2, 0) is 0 Å². The van der Waals surface area contributed by atoms with Crippen molar-refractivity contribution in [3.8, 4) is 10.4 Å². The van der Waals surface area contributed by atoms with Gasteiger partial charge in [0.25, 0.3) is 0 Å². The van der Waals surface area contributed by atoms with E-state index in [-0.39, 0.29) is 18.9 Å². The van der Waals surface area contributed by atoms with Crippen molar-refractivity contribution in [3.63, 3.8) is 0 Å². The van der Waals surface area contributed by atoms with Crippen molar-refractivity contribution in [2.45, 2.75) is 37.6 Å². The third kappa shape index (κ3) is 3.14. The van der Waals surface area contributed by atoms with Crippen LogP contribution in [0.3, 0.4) is 0 Å². The van der Waals surface area contributed by atoms with Gasteiger partial charge in [0.15, 0.2) is 0 Å². The number of aromatic amines is 1. The van der Waals surface area contributed by atoms with Crippen molar-refractivity contribution >= 4 is 38.4 Å². The zero-order valence-corrected chi connectivity index (χ0v) is 15.2. The average molecular weight is 385 g/mol. The smallest absolute Gasteiger partial charge is 0.248 e. The second kappa shape index (κ2) is 6.23. The number of hydrogen-bond acceptors (Lipinski definition) is 5. The highest BCUT2D eigenvalue weighted by molar-refractivity contribution is 7.22. The predicted octanol–water partition coefficient (Wildman–Crippen LogP) is 5.22. The molecule has 0 radical (unpaired) electrons. The number of nitrogens with zero attached hydrogens (tertiary/aromatic N) is 3. The minimum Gasteiger partial charge on any atom is -0.351 e. The number of hydrogen-bond donors (Lipinski definition) is 2. The first-order valence-corrected chi connectivity index (χ1v) is 9.71. The zero-order chi connectivity index (χ0) is 18.4. The summed E-state index contributed by atoms with van der Waals surface area (Å²) in [6.45, 7) is 0. The number of aromatic nitrogens is 4. The highest BCUT2D eigenvalue weighted by atomic mass is 32.1. The van der Waals surface area contributed by atoms with E-state index in [1.165, 1.54) is 4.70 Å². The SMILES string of the molecule is FC1(F)CCC(Nc2ncc3c(-c4cc5cnccc5s4)c[nH]c3n2)CC1. The fourth-order valence-electron chi connectivity index (χ4n) is 3.56. The third-order valence-corrected chi connectivity index (χ3v) is 6.21. The molecule has 138 valence electrons. The third-order valence-electron chi connectivity index (χ3n) is 5.06. The van der Waals surface area contributed by atoms with Gasteiger partial charge in [0.1, 0.15) is 5.65 Å². The molecule has 27 heavy (non-hydrogen) atoms. The maximum atomic E-state index is 13.3. The quantitative estimate of drug-likeness (QED) is 0.507. The van der Waals surface area contributed by atoms with Crippen LogP contribution in [0.15, 0.2) is 36.9 Å². The summed E-state index contributed by atoms with van der Waals surface area (Å²) in [4.78, 5) is 17.4. The van der Waals surface area contributed by atoms with Crippen molar-refractivity contribution in [1.29, 1.82) is 0 Å². The molecule has 0 spiro atoms. The number of halogens is 2. The molecule has 2 N–H and O–H groups in total. The summed E-state index contributed by atoms with van der Waals surface area (Å²) in [5, 5.41) is 5.25. The van der Waals surface area contributed by atoms with Crippen molar-refractivity contribution in [3.05, 3.63) is 36.9 Å². The lowest BCUT2D eigenvalue weighted by Gasteiger charge is -2.28. The Balaban J connectivity index is 1.41. The normalized spacial score (nSPS) is 17.6. The molecule has 5 rings (SSSR count). The Hall–Kier alpha value is -2.61. The van der Waals surface area contributed by atoms with Gasteiger partial charge in [-0.2, -0.15) is 4.98 Å². The first kappa shape index (κ1) is 16.6. The van der Waals surface area contributed by atoms with Gasteiger partial charge in [0.2, 0.25) is 11.9 Å². The molecular weight excluding hydrogens is 368 g/mol. The highest BCUT2D eigenvalue weighted by Crippen LogP contribution is 2.37. The van der Waals surface area contributed by atoms with Crippen LogP contribution in [0, 0.1) is 0 Å². The Kier molecular flexibility index (Phi) is 3.82. The monoisotopic (exact) mass is 385 g/mol. The molecule has 0 atom stereocenters. The van der Waals surface area contributed by atoms with Crippen molar-refractivity contribution in [1.82, 2.24) is 19.9 Å². The fourth-order valence-corrected chi connectivity index (χ4v) is 4.62. The number of thiophene rings is 1. The molecule has 4 heterocycles. The minimum absolute atomic E-state index is 0.00778. The summed E-state index contributed by atoms with van der Waals surface area (Å²) in [5.74, 6) is -2.05. The van der Waals surface area contributed by atoms with Crippen LogP contribution in [0.5, 0.6) is 0 Å². The molecule has 5 nitrogen and oxygen atoms in total. The maximum absolute atomic E-state index is 13.3. The van der Waals surface area contributed by atoms with Gasteiger partial charge in [0.05, 0.1) is 0 Å². The molecular formula is C19H17F2N5S. The summed E-state index contributed by atoms with van der Waals surface area (Å²) in [7, 11) is 0. The van der Waals surface area contributed by atoms with E-state index in [2.05, 4.69) is 31.3 Å². The van der Waals surface area contributed by atoms with Crippen LogP contribution in [-0.4, -0.2) is 31.9 Å². The van der Waals surface area contributed by atoms with E-state index in [1.54, 1.807) is 23.7 Å². The van der Waals surface area contributed by atoms with Gasteiger partial charge in [-0.25, -0.2) is 13.8 Å². The van der Waals surface area contributed by atoms with Gasteiger partial charge in [-0.05, 0) is 25.0 Å². The molecule has 0 aromatic carbocycles. The fraction of sp³-hybridized carbons (Fsp3) is 0.316. The largest absolute Gasteiger partial charge is 0.351 e. The van der Waals surface area contributed by atoms with E-state index in [0.29, 0.717) is 18.8 Å². The lowest BCUT2D eigenvalue weighted by atomic mass is 9.92. The number of pyridine rings is 1. The molecule has 1 aliphatic rings. The summed E-state index contributed by atoms with van der Waals surface area (Å²) < 4.78 is 27.8. The minimum atomic E-state index is -2.53. The van der Waals surface area contributed by atoms with E-state index >= 15 is 0 Å². The number of alkyl halides is 2. The molecule has 4 aromatic rings. The Morgan fingerprint density at radius 2 is 2.07 bits per heavy atom. The van der Waals surface area contributed by atoms with Crippen molar-refractivity contribution in [2.75, 3.05) is 5.32 Å². The van der Waals surface area contributed by atoms with Crippen LogP contribution in [0.4, 0.5) is 14.7 Å². The predicted molar refractivity (Wildman–Crippen MR) is 103 cm³/mol. The van der Waals surface area contributed by atoms with Gasteiger partial charge in [0, 0.05) is 69.6 Å². The highest BCUT2D eigenvalue weighted by Gasteiger charge is 2.35. The van der Waals surface area contributed by atoms with E-state index in [1.807, 2.05) is 18.5 Å². The number of nitrogens with one attached hydrogen (secondary N) is 2. The molecule has 0 amide bonds. The summed E-state index contributed by atoms with van der Waals surface area (Å²) in [6.07, 6.45) is 8.07. The summed E-state index contributed by atoms with van der Waals surface area (Å²) in [6, 6.07) is 4.11. The topological polar surface area (TPSA) is 66.5 Å². The molecule has 1 saturated carbocycles. The number of H-pyrrole nitrogens is 1. The maximum Gasteiger partial charge on any atom is 0.248 e. The van der Waals surface area contributed by atoms with Gasteiger partial charge in [-0.15, -0.1) is 11.3 Å². The Labute approximate surface area is 157 Å². The van der Waals surface area contributed by atoms with Crippen LogP contribution in [0.25, 0.3) is 31.6 Å². The first-order chi connectivity index (χ1) is 13.1. The number of fused-ring (bicyclic) bond motifs is 2. The Bertz CT molecular complexity index is 1080. The Morgan fingerprint density at radius 1 is 1.22 bits per heavy atom. The van der Waals surface area contributed by atoms with E-state index < -0.39 is 5.92 Å². The van der Waals surface area contributed by atoms with E-state index in [4.69, 9.17) is 0 Å². The van der Waals surface area contributed by atoms with Gasteiger partial charge < -0.3 is 10.3 Å². The molecule has 0 bridgehead atoms. The van der Waals surface area contributed by atoms with Crippen LogP contribution < -0.4 is 5.32 Å². The summed E-state index contributed by atoms with van der Waals surface area (Å²) in [5.41, 5.74) is 1.79. The number of rotatable bonds is 3. The van der Waals surface area contributed by atoms with Crippen molar-refractivity contribution < 1.29 is 8.78 Å². The standard InChI is InChI=1S/C19H17F2N5S/c20-19(21)4-1-12(2-5-19)25-18-24-10-14-13(9-23-17(14)26-18)16-7-11-8-22-6-3-15(11)27-16/h3,6-10,12H,1-2,4-5H2,(H2,23,24,25,26). The second-order valence-corrected chi connectivity index (χ2v) is 8.04. The molecule has 8 heteroatoms. The van der Waals surface area contributed by atoms with Crippen LogP contribution in [0.1, 0.15) is 25.7 Å². The van der Waals surface area contributed by atoms with Crippen molar-refractivity contribution in [2.24, 2.45) is 0 Å². The van der Waals surface area contributed by atoms with E-state index in [9.17, 15) is 8.78 Å². The lowest BCUT2D eigenvalue weighted by Crippen LogP contribution is -2.32. The Morgan fingerprint density at radius 3 is 2.89 bits per heavy atom. The molecule has 0 unspecified atom stereocenters. The number of anilines is 1. The molecule has 0 aliphatic heterocycles. The lowest BCUT2D eigenvalue weighted by molar-refractivity contribution is -0.0361. The second-order valence-electron chi connectivity index (χ2n) is 6.96. The average Bonchev–Trinajstić information content (AvgIpc) is 3.26. The van der Waals surface area contributed by atoms with Gasteiger partial charge in [-0.3, -0.25) is 4.98 Å². The molecule has 4 aromatic heterocycles. The van der Waals surface area contributed by atoms with Gasteiger partial charge >= 0.3 is 0 Å². The van der Waals surface area contributed by atoms with Crippen LogP contribution >= 0.6 is 11.3 Å². The van der Waals surface area contributed by atoms with E-state index in [0.717, 1.165) is 26.9 Å². The first-order valence-electron chi connectivity index (χ1n) is 8.90. The molecule has 1 aliphatic carbocycles. The van der Waals surface area contributed by atoms with Crippen LogP contribution in [0.2, 0.25) is 0 Å². The summed E-state index contributed by atoms with van der Waals surface area (Å²) >= 11 is 1.70. The van der Waals surface area contributed by atoms with Gasteiger partial charge in [-0.1, -0.05) is 0 Å². The molecule has 1 fully saturated rings. The molecule has 0 saturated heterocycles. The zero-order valence-electron chi connectivity index (χ0n) is 14.4.